The van der Waals surface area contributed by atoms with Crippen molar-refractivity contribution in [2.45, 2.75) is 13.5 Å². The van der Waals surface area contributed by atoms with Gasteiger partial charge in [0.15, 0.2) is 0 Å². The summed E-state index contributed by atoms with van der Waals surface area (Å²) in [4.78, 5) is 4.38. The number of rotatable bonds is 5. The second-order valence-corrected chi connectivity index (χ2v) is 5.20. The number of aromatic nitrogens is 2. The first-order valence-electron chi connectivity index (χ1n) is 7.04. The van der Waals surface area contributed by atoms with Crippen LogP contribution in [0, 0.1) is 6.92 Å². The van der Waals surface area contributed by atoms with Crippen LogP contribution in [0.4, 0.5) is 0 Å². The van der Waals surface area contributed by atoms with Gasteiger partial charge in [0, 0.05) is 17.3 Å². The summed E-state index contributed by atoms with van der Waals surface area (Å²) in [5, 5.41) is 1.58. The fraction of sp³-hybridized carbons (Fsp3) is 0.111. The van der Waals surface area contributed by atoms with Crippen molar-refractivity contribution in [2.24, 2.45) is 0 Å². The van der Waals surface area contributed by atoms with Gasteiger partial charge in [0.25, 0.3) is 0 Å². The quantitative estimate of drug-likeness (QED) is 0.664. The standard InChI is InChI=1S/C18H16N2OS/c1-14-19-16(13-22)11-20(14)17-7-9-18(10-8-17)21-12-15-5-3-2-4-6-15/h2-11,13H,12H2,1H3. The summed E-state index contributed by atoms with van der Waals surface area (Å²) in [6.45, 7) is 2.53. The number of hydrogen-bond acceptors (Lipinski definition) is 3. The Kier molecular flexibility index (Phi) is 4.30. The molecule has 3 rings (SSSR count). The van der Waals surface area contributed by atoms with Crippen molar-refractivity contribution in [3.63, 3.8) is 0 Å². The van der Waals surface area contributed by atoms with Crippen LogP contribution >= 0.6 is 12.2 Å². The van der Waals surface area contributed by atoms with E-state index in [1.54, 1.807) is 5.37 Å². The molecule has 2 aromatic carbocycles. The zero-order chi connectivity index (χ0) is 15.4. The maximum atomic E-state index is 5.79. The fourth-order valence-corrected chi connectivity index (χ4v) is 2.37. The van der Waals surface area contributed by atoms with Crippen molar-refractivity contribution >= 4 is 17.6 Å². The van der Waals surface area contributed by atoms with E-state index >= 15 is 0 Å². The highest BCUT2D eigenvalue weighted by Gasteiger charge is 2.04. The first-order valence-corrected chi connectivity index (χ1v) is 7.52. The molecule has 0 saturated carbocycles. The van der Waals surface area contributed by atoms with Crippen molar-refractivity contribution < 1.29 is 4.74 Å². The third-order valence-electron chi connectivity index (χ3n) is 3.38. The predicted molar refractivity (Wildman–Crippen MR) is 91.8 cm³/mol. The lowest BCUT2D eigenvalue weighted by Gasteiger charge is -2.08. The van der Waals surface area contributed by atoms with Crippen molar-refractivity contribution in [1.29, 1.82) is 0 Å². The predicted octanol–water partition coefficient (Wildman–Crippen LogP) is 4.11. The molecule has 0 bridgehead atoms. The Labute approximate surface area is 135 Å². The Morgan fingerprint density at radius 3 is 2.45 bits per heavy atom. The van der Waals surface area contributed by atoms with E-state index in [0.717, 1.165) is 28.5 Å². The van der Waals surface area contributed by atoms with Gasteiger partial charge in [-0.25, -0.2) is 4.98 Å². The van der Waals surface area contributed by atoms with Crippen LogP contribution in [0.5, 0.6) is 5.75 Å². The van der Waals surface area contributed by atoms with Gasteiger partial charge in [-0.2, -0.15) is 0 Å². The second-order valence-electron chi connectivity index (χ2n) is 4.97. The first kappa shape index (κ1) is 14.5. The molecule has 4 heteroatoms. The van der Waals surface area contributed by atoms with Gasteiger partial charge in [-0.05, 0) is 36.8 Å². The molecule has 22 heavy (non-hydrogen) atoms. The summed E-state index contributed by atoms with van der Waals surface area (Å²) in [7, 11) is 0. The van der Waals surface area contributed by atoms with E-state index in [-0.39, 0.29) is 0 Å². The minimum atomic E-state index is 0.569. The fourth-order valence-electron chi connectivity index (χ4n) is 2.26. The lowest BCUT2D eigenvalue weighted by atomic mass is 10.2. The molecule has 110 valence electrons. The number of ether oxygens (including phenoxy) is 1. The Balaban J connectivity index is 1.72. The summed E-state index contributed by atoms with van der Waals surface area (Å²) in [6, 6.07) is 18.1. The average Bonchev–Trinajstić information content (AvgIpc) is 2.95. The summed E-state index contributed by atoms with van der Waals surface area (Å²) in [6.07, 6.45) is 1.93. The molecule has 0 unspecified atom stereocenters. The highest BCUT2D eigenvalue weighted by atomic mass is 32.1. The van der Waals surface area contributed by atoms with Gasteiger partial charge < -0.3 is 9.30 Å². The van der Waals surface area contributed by atoms with Crippen LogP contribution < -0.4 is 4.74 Å². The van der Waals surface area contributed by atoms with Gasteiger partial charge in [0.2, 0.25) is 0 Å². The van der Waals surface area contributed by atoms with E-state index in [4.69, 9.17) is 17.0 Å². The maximum absolute atomic E-state index is 5.79. The third kappa shape index (κ3) is 3.23. The van der Waals surface area contributed by atoms with E-state index in [1.807, 2.05) is 60.2 Å². The monoisotopic (exact) mass is 308 g/mol. The Hall–Kier alpha value is -2.46. The van der Waals surface area contributed by atoms with Gasteiger partial charge in [0.05, 0.1) is 5.69 Å². The number of nitrogens with zero attached hydrogens (tertiary/aromatic N) is 2. The third-order valence-corrected chi connectivity index (χ3v) is 3.63. The van der Waals surface area contributed by atoms with Gasteiger partial charge >= 0.3 is 0 Å². The van der Waals surface area contributed by atoms with E-state index in [1.165, 1.54) is 0 Å². The van der Waals surface area contributed by atoms with E-state index in [0.29, 0.717) is 6.61 Å². The van der Waals surface area contributed by atoms with Crippen LogP contribution in [0.15, 0.2) is 60.8 Å². The highest BCUT2D eigenvalue weighted by molar-refractivity contribution is 7.79. The molecule has 0 aliphatic heterocycles. The minimum absolute atomic E-state index is 0.569. The summed E-state index contributed by atoms with van der Waals surface area (Å²) in [5.74, 6) is 1.76. The molecule has 1 heterocycles. The molecule has 0 aliphatic carbocycles. The number of aryl methyl sites for hydroxylation is 1. The molecule has 0 N–H and O–H groups in total. The van der Waals surface area contributed by atoms with E-state index < -0.39 is 0 Å². The Morgan fingerprint density at radius 1 is 1.09 bits per heavy atom. The topological polar surface area (TPSA) is 27.1 Å². The average molecular weight is 308 g/mol. The second kappa shape index (κ2) is 6.54. The molecule has 0 saturated heterocycles. The van der Waals surface area contributed by atoms with Crippen molar-refractivity contribution in [1.82, 2.24) is 9.55 Å². The molecule has 0 radical (unpaired) electrons. The molecular formula is C18H16N2OS. The number of thiocarbonyl (C=S) groups is 1. The van der Waals surface area contributed by atoms with Gasteiger partial charge in [-0.1, -0.05) is 42.5 Å². The van der Waals surface area contributed by atoms with Crippen LogP contribution in [-0.2, 0) is 6.61 Å². The van der Waals surface area contributed by atoms with Crippen LogP contribution in [-0.4, -0.2) is 14.9 Å². The Bertz CT molecular complexity index is 764. The molecule has 1 aromatic heterocycles. The van der Waals surface area contributed by atoms with Crippen LogP contribution in [0.1, 0.15) is 17.1 Å². The molecule has 0 fully saturated rings. The summed E-state index contributed by atoms with van der Waals surface area (Å²) < 4.78 is 7.80. The normalized spacial score (nSPS) is 10.4. The van der Waals surface area contributed by atoms with Crippen molar-refractivity contribution in [3.8, 4) is 11.4 Å². The van der Waals surface area contributed by atoms with Crippen molar-refractivity contribution in [3.05, 3.63) is 77.9 Å². The summed E-state index contributed by atoms with van der Waals surface area (Å²) in [5.41, 5.74) is 3.00. The largest absolute Gasteiger partial charge is 0.489 e. The van der Waals surface area contributed by atoms with Crippen LogP contribution in [0.3, 0.4) is 0 Å². The van der Waals surface area contributed by atoms with Gasteiger partial charge in [-0.3, -0.25) is 0 Å². The lowest BCUT2D eigenvalue weighted by Crippen LogP contribution is -1.97. The number of hydrogen-bond donors (Lipinski definition) is 0. The zero-order valence-corrected chi connectivity index (χ0v) is 13.1. The van der Waals surface area contributed by atoms with E-state index in [2.05, 4.69) is 17.1 Å². The molecular weight excluding hydrogens is 292 g/mol. The SMILES string of the molecule is Cc1nc(C=S)cn1-c1ccc(OCc2ccccc2)cc1. The van der Waals surface area contributed by atoms with Gasteiger partial charge in [0.1, 0.15) is 18.2 Å². The van der Waals surface area contributed by atoms with Crippen LogP contribution in [0.2, 0.25) is 0 Å². The smallest absolute Gasteiger partial charge is 0.119 e. The van der Waals surface area contributed by atoms with Crippen LogP contribution in [0.25, 0.3) is 5.69 Å². The van der Waals surface area contributed by atoms with E-state index in [9.17, 15) is 0 Å². The molecule has 0 aliphatic rings. The molecule has 3 nitrogen and oxygen atoms in total. The van der Waals surface area contributed by atoms with Gasteiger partial charge in [-0.15, -0.1) is 0 Å². The molecule has 0 atom stereocenters. The molecule has 3 aromatic rings. The zero-order valence-electron chi connectivity index (χ0n) is 12.3. The minimum Gasteiger partial charge on any atom is -0.489 e. The maximum Gasteiger partial charge on any atom is 0.119 e. The molecule has 0 spiro atoms. The van der Waals surface area contributed by atoms with Crippen molar-refractivity contribution in [2.75, 3.05) is 0 Å². The Morgan fingerprint density at radius 2 is 1.82 bits per heavy atom. The lowest BCUT2D eigenvalue weighted by molar-refractivity contribution is 0.306. The number of imidazole rings is 1. The summed E-state index contributed by atoms with van der Waals surface area (Å²) >= 11 is 4.92. The first-order chi connectivity index (χ1) is 10.8. The highest BCUT2D eigenvalue weighted by Crippen LogP contribution is 2.18. The molecule has 0 amide bonds. The number of benzene rings is 2.